The zero-order chi connectivity index (χ0) is 28.8. The number of ether oxygens (including phenoxy) is 2. The van der Waals surface area contributed by atoms with Crippen LogP contribution < -0.4 is 4.74 Å². The predicted octanol–water partition coefficient (Wildman–Crippen LogP) is 6.98. The van der Waals surface area contributed by atoms with Gasteiger partial charge in [0.05, 0.1) is 6.61 Å². The van der Waals surface area contributed by atoms with Gasteiger partial charge in [-0.15, -0.1) is 0 Å². The highest BCUT2D eigenvalue weighted by atomic mass is 19.3. The molecule has 0 aromatic heterocycles. The Labute approximate surface area is 225 Å². The number of halogens is 3. The number of piperidine rings is 1. The van der Waals surface area contributed by atoms with Gasteiger partial charge in [0, 0.05) is 43.6 Å². The van der Waals surface area contributed by atoms with Gasteiger partial charge < -0.3 is 14.6 Å². The molecular formula is C29H45F3N2O4. The Morgan fingerprint density at radius 2 is 1.87 bits per heavy atom. The first-order valence-electron chi connectivity index (χ1n) is 13.1. The molecule has 1 N–H and O–H groups in total. The standard InChI is InChI=1S/C24H33F3N2O2.C4H10.CH2O2/c1-18(13-28-19(2)20-7-4-5-8-21(20)31-22(25)26)14-29-11-6-9-23(3,16-29)15-24(27)10-12-30-17-24;1-4(2)3;2-1-3/h4-5,7-8,13,22H,6,9-12,14-17H2,1-3H3;4H,1-3H3;1H,(H,2,3)/b18-13+,28-19?;;/t23-,24?;;/m1../s1. The Bertz CT molecular complexity index is 899. The third kappa shape index (κ3) is 12.9. The van der Waals surface area contributed by atoms with Gasteiger partial charge in [0.25, 0.3) is 6.47 Å². The quantitative estimate of drug-likeness (QED) is 0.283. The van der Waals surface area contributed by atoms with E-state index in [1.54, 1.807) is 31.3 Å². The molecule has 0 spiro atoms. The molecule has 0 aliphatic carbocycles. The van der Waals surface area contributed by atoms with E-state index in [0.717, 1.165) is 44.0 Å². The molecule has 2 heterocycles. The summed E-state index contributed by atoms with van der Waals surface area (Å²) in [6, 6.07) is 6.65. The highest BCUT2D eigenvalue weighted by Gasteiger charge is 2.43. The van der Waals surface area contributed by atoms with Gasteiger partial charge in [0.1, 0.15) is 11.4 Å². The second kappa shape index (κ2) is 16.5. The van der Waals surface area contributed by atoms with Gasteiger partial charge in [-0.3, -0.25) is 14.7 Å². The van der Waals surface area contributed by atoms with Crippen molar-refractivity contribution in [2.24, 2.45) is 16.3 Å². The predicted molar refractivity (Wildman–Crippen MR) is 146 cm³/mol. The molecule has 0 radical (unpaired) electrons. The lowest BCUT2D eigenvalue weighted by Gasteiger charge is -2.43. The van der Waals surface area contributed by atoms with Crippen molar-refractivity contribution in [1.29, 1.82) is 0 Å². The van der Waals surface area contributed by atoms with E-state index in [4.69, 9.17) is 14.6 Å². The summed E-state index contributed by atoms with van der Waals surface area (Å²) < 4.78 is 50.2. The Balaban J connectivity index is 0.000000923. The molecule has 3 rings (SSSR count). The summed E-state index contributed by atoms with van der Waals surface area (Å²) in [4.78, 5) is 15.2. The second-order valence-corrected chi connectivity index (χ2v) is 11.2. The molecule has 38 heavy (non-hydrogen) atoms. The van der Waals surface area contributed by atoms with Gasteiger partial charge >= 0.3 is 6.61 Å². The van der Waals surface area contributed by atoms with Crippen molar-refractivity contribution in [3.63, 3.8) is 0 Å². The van der Waals surface area contributed by atoms with Crippen LogP contribution in [0.3, 0.4) is 0 Å². The zero-order valence-corrected chi connectivity index (χ0v) is 23.7. The monoisotopic (exact) mass is 542 g/mol. The molecular weight excluding hydrogens is 497 g/mol. The van der Waals surface area contributed by atoms with Gasteiger partial charge in [0.15, 0.2) is 0 Å². The van der Waals surface area contributed by atoms with Crippen LogP contribution in [0.25, 0.3) is 0 Å². The van der Waals surface area contributed by atoms with Crippen LogP contribution >= 0.6 is 0 Å². The number of aliphatic imine (C=N–C) groups is 1. The second-order valence-electron chi connectivity index (χ2n) is 11.2. The van der Waals surface area contributed by atoms with E-state index in [-0.39, 0.29) is 24.2 Å². The smallest absolute Gasteiger partial charge is 0.387 e. The molecule has 2 aliphatic heterocycles. The fourth-order valence-electron chi connectivity index (χ4n) is 4.83. The molecule has 2 fully saturated rings. The molecule has 0 saturated carbocycles. The van der Waals surface area contributed by atoms with E-state index < -0.39 is 12.3 Å². The first-order valence-corrected chi connectivity index (χ1v) is 13.1. The Morgan fingerprint density at radius 3 is 2.45 bits per heavy atom. The van der Waals surface area contributed by atoms with Crippen molar-refractivity contribution in [3.8, 4) is 5.75 Å². The fraction of sp³-hybridized carbons (Fsp3) is 0.655. The van der Waals surface area contributed by atoms with Crippen molar-refractivity contribution >= 4 is 12.2 Å². The van der Waals surface area contributed by atoms with E-state index in [1.165, 1.54) is 6.07 Å². The number of likely N-dealkylation sites (tertiary alicyclic amines) is 1. The lowest BCUT2D eigenvalue weighted by Crippen LogP contribution is -2.45. The topological polar surface area (TPSA) is 71.4 Å². The molecule has 0 bridgehead atoms. The summed E-state index contributed by atoms with van der Waals surface area (Å²) in [5, 5.41) is 6.89. The van der Waals surface area contributed by atoms with E-state index in [0.29, 0.717) is 30.7 Å². The summed E-state index contributed by atoms with van der Waals surface area (Å²) in [5.41, 5.74) is 0.961. The molecule has 9 heteroatoms. The Kier molecular flexibility index (Phi) is 14.6. The summed E-state index contributed by atoms with van der Waals surface area (Å²) >= 11 is 0. The normalized spacial score (nSPS) is 24.4. The Hall–Kier alpha value is -2.39. The van der Waals surface area contributed by atoms with Crippen LogP contribution in [0.5, 0.6) is 5.75 Å². The molecule has 2 atom stereocenters. The minimum Gasteiger partial charge on any atom is -0.483 e. The van der Waals surface area contributed by atoms with Crippen LogP contribution in [0, 0.1) is 11.3 Å². The molecule has 1 aromatic rings. The zero-order valence-electron chi connectivity index (χ0n) is 23.7. The summed E-state index contributed by atoms with van der Waals surface area (Å²) in [7, 11) is 0. The highest BCUT2D eigenvalue weighted by Crippen LogP contribution is 2.41. The van der Waals surface area contributed by atoms with Crippen molar-refractivity contribution in [2.75, 3.05) is 32.8 Å². The van der Waals surface area contributed by atoms with Gasteiger partial charge in [-0.05, 0) is 68.7 Å². The maximum Gasteiger partial charge on any atom is 0.387 e. The maximum absolute atomic E-state index is 15.0. The average Bonchev–Trinajstić information content (AvgIpc) is 3.22. The SMILES string of the molecule is CC(=N/C=C(\C)CN1CCC[C@](C)(CC2(F)CCOC2)C1)c1ccccc1OC(F)F.CC(C)C.O=CO. The number of para-hydroxylation sites is 1. The number of hydrogen-bond donors (Lipinski definition) is 1. The van der Waals surface area contributed by atoms with E-state index in [1.807, 2.05) is 6.92 Å². The molecule has 6 nitrogen and oxygen atoms in total. The van der Waals surface area contributed by atoms with Crippen LogP contribution in [-0.2, 0) is 9.53 Å². The lowest BCUT2D eigenvalue weighted by atomic mass is 9.73. The molecule has 1 aromatic carbocycles. The van der Waals surface area contributed by atoms with Gasteiger partial charge in [-0.2, -0.15) is 8.78 Å². The van der Waals surface area contributed by atoms with Crippen molar-refractivity contribution < 1.29 is 32.5 Å². The summed E-state index contributed by atoms with van der Waals surface area (Å²) in [6.45, 7) is 12.6. The Morgan fingerprint density at radius 1 is 1.24 bits per heavy atom. The van der Waals surface area contributed by atoms with Crippen molar-refractivity contribution in [1.82, 2.24) is 4.90 Å². The molecule has 2 saturated heterocycles. The minimum atomic E-state index is -2.88. The van der Waals surface area contributed by atoms with Gasteiger partial charge in [-0.25, -0.2) is 4.39 Å². The van der Waals surface area contributed by atoms with Crippen molar-refractivity contribution in [2.45, 2.75) is 79.5 Å². The summed E-state index contributed by atoms with van der Waals surface area (Å²) in [6.07, 6.45) is 4.88. The minimum absolute atomic E-state index is 0.0638. The highest BCUT2D eigenvalue weighted by molar-refractivity contribution is 6.01. The van der Waals surface area contributed by atoms with Crippen molar-refractivity contribution in [3.05, 3.63) is 41.6 Å². The summed E-state index contributed by atoms with van der Waals surface area (Å²) in [5.74, 6) is 0.952. The number of nitrogens with zero attached hydrogens (tertiary/aromatic N) is 2. The van der Waals surface area contributed by atoms with Gasteiger partial charge in [-0.1, -0.05) is 39.8 Å². The molecule has 2 aliphatic rings. The third-order valence-electron chi connectivity index (χ3n) is 6.10. The number of rotatable bonds is 8. The van der Waals surface area contributed by atoms with Crippen LogP contribution in [0.1, 0.15) is 72.8 Å². The first kappa shape index (κ1) is 33.6. The number of carbonyl (C=O) groups is 1. The van der Waals surface area contributed by atoms with E-state index >= 15 is 0 Å². The maximum atomic E-state index is 15.0. The largest absolute Gasteiger partial charge is 0.483 e. The fourth-order valence-corrected chi connectivity index (χ4v) is 4.83. The van der Waals surface area contributed by atoms with Crippen LogP contribution in [-0.4, -0.2) is 67.3 Å². The number of alkyl halides is 3. The third-order valence-corrected chi connectivity index (χ3v) is 6.10. The van der Waals surface area contributed by atoms with Crippen LogP contribution in [0.15, 0.2) is 41.0 Å². The number of carboxylic acid groups (broad SMARTS) is 1. The van der Waals surface area contributed by atoms with Crippen LogP contribution in [0.4, 0.5) is 13.2 Å². The van der Waals surface area contributed by atoms with Crippen LogP contribution in [0.2, 0.25) is 0 Å². The van der Waals surface area contributed by atoms with Gasteiger partial charge in [0.2, 0.25) is 0 Å². The lowest BCUT2D eigenvalue weighted by molar-refractivity contribution is -0.122. The molecule has 216 valence electrons. The molecule has 1 unspecified atom stereocenters. The number of hydrogen-bond acceptors (Lipinski definition) is 5. The van der Waals surface area contributed by atoms with E-state index in [2.05, 4.69) is 42.3 Å². The average molecular weight is 543 g/mol. The number of benzene rings is 1. The first-order chi connectivity index (χ1) is 17.8. The van der Waals surface area contributed by atoms with E-state index in [9.17, 15) is 13.2 Å². The molecule has 0 amide bonds.